The largest absolute Gasteiger partial charge is 0.472 e. The normalized spacial score (nSPS) is 15.2. The molecule has 0 saturated carbocycles. The number of rotatable bonds is 36. The van der Waals surface area contributed by atoms with Crippen LogP contribution in [0.15, 0.2) is 60.8 Å². The molecule has 12 heteroatoms. The minimum atomic E-state index is -4.43. The van der Waals surface area contributed by atoms with Crippen LogP contribution in [0, 0.1) is 0 Å². The first-order valence-corrected chi connectivity index (χ1v) is 21.5. The summed E-state index contributed by atoms with van der Waals surface area (Å²) in [6.45, 7) is 3.31. The maximum absolute atomic E-state index is 12.5. The molecular weight excluding hydrogens is 697 g/mol. The molecule has 11 nitrogen and oxygen atoms in total. The van der Waals surface area contributed by atoms with E-state index in [1.165, 1.54) is 25.7 Å². The molecule has 306 valence electrons. The highest BCUT2D eigenvalue weighted by atomic mass is 31.2. The summed E-state index contributed by atoms with van der Waals surface area (Å²) in [5, 5.41) is 20.1. The minimum absolute atomic E-state index is 0.0169. The van der Waals surface area contributed by atoms with Crippen molar-refractivity contribution < 1.29 is 47.8 Å². The average molecular weight is 770 g/mol. The van der Waals surface area contributed by atoms with Crippen LogP contribution < -0.4 is 5.73 Å². The first kappa shape index (κ1) is 50.6. The zero-order valence-electron chi connectivity index (χ0n) is 32.7. The summed E-state index contributed by atoms with van der Waals surface area (Å²) in [6, 6.07) is 0. The average Bonchev–Trinajstić information content (AvgIpc) is 3.13. The van der Waals surface area contributed by atoms with E-state index in [9.17, 15) is 29.3 Å². The lowest BCUT2D eigenvalue weighted by atomic mass is 10.1. The number of hydrogen-bond donors (Lipinski definition) is 4. The van der Waals surface area contributed by atoms with Crippen molar-refractivity contribution in [3.8, 4) is 0 Å². The van der Waals surface area contributed by atoms with Gasteiger partial charge < -0.3 is 30.3 Å². The molecule has 0 radical (unpaired) electrons. The molecule has 5 N–H and O–H groups in total. The fourth-order valence-electron chi connectivity index (χ4n) is 5.02. The number of esters is 2. The smallest absolute Gasteiger partial charge is 0.462 e. The number of aliphatic hydroxyl groups is 2. The van der Waals surface area contributed by atoms with Crippen LogP contribution in [0.5, 0.6) is 0 Å². The Hall–Kier alpha value is -2.37. The summed E-state index contributed by atoms with van der Waals surface area (Å²) >= 11 is 0. The maximum atomic E-state index is 12.5. The molecule has 0 rings (SSSR count). The predicted octanol–water partition coefficient (Wildman–Crippen LogP) is 8.88. The number of phosphoric acid groups is 1. The highest BCUT2D eigenvalue weighted by molar-refractivity contribution is 7.47. The number of phosphoric ester groups is 1. The van der Waals surface area contributed by atoms with Crippen molar-refractivity contribution in [3.63, 3.8) is 0 Å². The van der Waals surface area contributed by atoms with Crippen LogP contribution in [0.4, 0.5) is 0 Å². The monoisotopic (exact) mass is 769 g/mol. The van der Waals surface area contributed by atoms with Gasteiger partial charge in [-0.15, -0.1) is 0 Å². The van der Waals surface area contributed by atoms with Gasteiger partial charge in [-0.05, 0) is 57.8 Å². The Kier molecular flexibility index (Phi) is 35.0. The molecule has 0 spiro atoms. The topological polar surface area (TPSA) is 175 Å². The van der Waals surface area contributed by atoms with E-state index in [4.69, 9.17) is 24.3 Å². The van der Waals surface area contributed by atoms with Gasteiger partial charge in [-0.1, -0.05) is 132 Å². The number of carbonyl (C=O) groups excluding carboxylic acids is 2. The van der Waals surface area contributed by atoms with Crippen molar-refractivity contribution in [2.75, 3.05) is 26.4 Å². The van der Waals surface area contributed by atoms with Gasteiger partial charge in [-0.2, -0.15) is 0 Å². The van der Waals surface area contributed by atoms with Crippen molar-refractivity contribution in [2.45, 2.75) is 161 Å². The Labute approximate surface area is 320 Å². The molecule has 53 heavy (non-hydrogen) atoms. The SMILES string of the molecule is CCCCCC/C=C\CCCCCCCC(=O)O[C@H](COC(=O)CCC[C@@H](O)/C=C/C=C\C/C=C\C=C\[C@@H](O)CCCCC)COP(=O)(O)OCCN. The Morgan fingerprint density at radius 1 is 0.660 bits per heavy atom. The van der Waals surface area contributed by atoms with Crippen molar-refractivity contribution in [3.05, 3.63) is 60.8 Å². The lowest BCUT2D eigenvalue weighted by Crippen LogP contribution is -2.29. The predicted molar refractivity (Wildman–Crippen MR) is 213 cm³/mol. The molecule has 0 aromatic carbocycles. The van der Waals surface area contributed by atoms with Crippen LogP contribution in [0.25, 0.3) is 0 Å². The van der Waals surface area contributed by atoms with Crippen LogP contribution >= 0.6 is 7.82 Å². The van der Waals surface area contributed by atoms with Crippen LogP contribution in [0.2, 0.25) is 0 Å². The summed E-state index contributed by atoms with van der Waals surface area (Å²) in [7, 11) is -4.43. The molecule has 0 saturated heterocycles. The van der Waals surface area contributed by atoms with E-state index in [0.717, 1.165) is 64.2 Å². The molecular formula is C41H72NO10P. The first-order valence-electron chi connectivity index (χ1n) is 20.0. The molecule has 1 unspecified atom stereocenters. The van der Waals surface area contributed by atoms with Gasteiger partial charge in [0.25, 0.3) is 0 Å². The third-order valence-electron chi connectivity index (χ3n) is 8.08. The van der Waals surface area contributed by atoms with Crippen LogP contribution in [0.3, 0.4) is 0 Å². The molecule has 0 aliphatic carbocycles. The van der Waals surface area contributed by atoms with Crippen LogP contribution in [-0.2, 0) is 32.7 Å². The van der Waals surface area contributed by atoms with E-state index < -0.39 is 44.7 Å². The number of ether oxygens (including phenoxy) is 2. The number of nitrogens with two attached hydrogens (primary N) is 1. The number of carbonyl (C=O) groups is 2. The summed E-state index contributed by atoms with van der Waals surface area (Å²) < 4.78 is 32.5. The number of hydrogen-bond acceptors (Lipinski definition) is 10. The van der Waals surface area contributed by atoms with Crippen molar-refractivity contribution in [1.82, 2.24) is 0 Å². The molecule has 0 aromatic rings. The van der Waals surface area contributed by atoms with E-state index in [2.05, 4.69) is 26.0 Å². The third kappa shape index (κ3) is 36.4. The quantitative estimate of drug-likeness (QED) is 0.0158. The number of unbranched alkanes of at least 4 members (excludes halogenated alkanes) is 11. The van der Waals surface area contributed by atoms with E-state index in [-0.39, 0.29) is 32.6 Å². The zero-order valence-corrected chi connectivity index (χ0v) is 33.6. The second kappa shape index (κ2) is 36.6. The molecule has 0 amide bonds. The Morgan fingerprint density at radius 3 is 1.83 bits per heavy atom. The summed E-state index contributed by atoms with van der Waals surface area (Å²) in [5.41, 5.74) is 5.32. The lowest BCUT2D eigenvalue weighted by Gasteiger charge is -2.20. The van der Waals surface area contributed by atoms with Gasteiger partial charge in [0.2, 0.25) is 0 Å². The molecule has 0 heterocycles. The Morgan fingerprint density at radius 2 is 1.21 bits per heavy atom. The van der Waals surface area contributed by atoms with E-state index in [1.54, 1.807) is 18.2 Å². The fourth-order valence-corrected chi connectivity index (χ4v) is 5.78. The maximum Gasteiger partial charge on any atom is 0.472 e. The molecule has 0 fully saturated rings. The van der Waals surface area contributed by atoms with Crippen LogP contribution in [0.1, 0.15) is 142 Å². The highest BCUT2D eigenvalue weighted by Crippen LogP contribution is 2.43. The van der Waals surface area contributed by atoms with E-state index in [1.807, 2.05) is 30.4 Å². The first-order chi connectivity index (χ1) is 25.6. The molecule has 0 aliphatic heterocycles. The zero-order chi connectivity index (χ0) is 39.3. The van der Waals surface area contributed by atoms with Gasteiger partial charge in [-0.3, -0.25) is 18.6 Å². The summed E-state index contributed by atoms with van der Waals surface area (Å²) in [4.78, 5) is 34.8. The van der Waals surface area contributed by atoms with E-state index >= 15 is 0 Å². The standard InChI is InChI=1S/C41H72NO10P/c1-3-5-7-8-9-10-11-12-13-14-18-21-25-31-41(46)52-39(36-51-53(47,48)50-34-33-42)35-49-40(45)32-26-30-38(44)29-24-20-17-15-16-19-23-28-37(43)27-22-6-4-2/h10-11,16-17,19-20,23-24,28-29,37-39,43-44H,3-9,12-15,18,21-22,25-27,30-36,42H2,1-2H3,(H,47,48)/b11-10-,19-16-,20-17-,28-23+,29-24+/t37-,38-,39+/m0/s1. The van der Waals surface area contributed by atoms with Gasteiger partial charge in [0.1, 0.15) is 6.61 Å². The number of aliphatic hydroxyl groups excluding tert-OH is 2. The Bertz CT molecular complexity index is 1090. The number of allylic oxidation sites excluding steroid dienone is 8. The molecule has 4 atom stereocenters. The summed E-state index contributed by atoms with van der Waals surface area (Å²) in [6.07, 6.45) is 34.7. The van der Waals surface area contributed by atoms with Gasteiger partial charge >= 0.3 is 19.8 Å². The minimum Gasteiger partial charge on any atom is -0.462 e. The van der Waals surface area contributed by atoms with Crippen molar-refractivity contribution in [1.29, 1.82) is 0 Å². The highest BCUT2D eigenvalue weighted by Gasteiger charge is 2.26. The fraction of sp³-hybridized carbons (Fsp3) is 0.707. The second-order valence-electron chi connectivity index (χ2n) is 13.2. The van der Waals surface area contributed by atoms with Gasteiger partial charge in [0.15, 0.2) is 6.10 Å². The van der Waals surface area contributed by atoms with E-state index in [0.29, 0.717) is 25.7 Å². The molecule has 0 aliphatic rings. The molecule has 0 aromatic heterocycles. The summed E-state index contributed by atoms with van der Waals surface area (Å²) in [5.74, 6) is -1.07. The van der Waals surface area contributed by atoms with Gasteiger partial charge in [0.05, 0.1) is 25.4 Å². The second-order valence-corrected chi connectivity index (χ2v) is 14.6. The van der Waals surface area contributed by atoms with Gasteiger partial charge in [-0.25, -0.2) is 4.57 Å². The lowest BCUT2D eigenvalue weighted by molar-refractivity contribution is -0.161. The van der Waals surface area contributed by atoms with Crippen LogP contribution in [-0.4, -0.2) is 71.7 Å². The van der Waals surface area contributed by atoms with Crippen molar-refractivity contribution in [2.24, 2.45) is 5.73 Å². The molecule has 0 bridgehead atoms. The van der Waals surface area contributed by atoms with Gasteiger partial charge in [0, 0.05) is 19.4 Å². The van der Waals surface area contributed by atoms with Crippen molar-refractivity contribution >= 4 is 19.8 Å². The Balaban J connectivity index is 4.47. The third-order valence-corrected chi connectivity index (χ3v) is 9.07.